The summed E-state index contributed by atoms with van der Waals surface area (Å²) in [4.78, 5) is 10.7. The van der Waals surface area contributed by atoms with E-state index in [4.69, 9.17) is 9.47 Å². The largest absolute Gasteiger partial charge is 0.493 e. The lowest BCUT2D eigenvalue weighted by Gasteiger charge is -2.25. The molecule has 0 aliphatic carbocycles. The number of ether oxygens (including phenoxy) is 2. The monoisotopic (exact) mass is 315 g/mol. The molecule has 0 radical (unpaired) electrons. The third-order valence-corrected chi connectivity index (χ3v) is 4.24. The molecule has 1 aliphatic heterocycles. The fourth-order valence-corrected chi connectivity index (χ4v) is 3.12. The molecule has 0 aromatic heterocycles. The molecule has 0 amide bonds. The predicted octanol–water partition coefficient (Wildman–Crippen LogP) is 1.82. The van der Waals surface area contributed by atoms with Crippen molar-refractivity contribution < 1.29 is 19.7 Å². The Morgan fingerprint density at radius 1 is 1.17 bits per heavy atom. The first-order valence-corrected chi connectivity index (χ1v) is 7.46. The van der Waals surface area contributed by atoms with Gasteiger partial charge in [-0.05, 0) is 17.7 Å². The Morgan fingerprint density at radius 2 is 1.91 bits per heavy atom. The molecule has 23 heavy (non-hydrogen) atoms. The van der Waals surface area contributed by atoms with Crippen molar-refractivity contribution in [3.8, 4) is 11.5 Å². The van der Waals surface area contributed by atoms with Gasteiger partial charge in [-0.3, -0.25) is 10.1 Å². The topological polar surface area (TPSA) is 78.2 Å². The quantitative estimate of drug-likeness (QED) is 0.689. The average Bonchev–Trinajstić information content (AvgIpc) is 2.59. The van der Waals surface area contributed by atoms with E-state index in [1.165, 1.54) is 11.6 Å². The van der Waals surface area contributed by atoms with Crippen LogP contribution in [0.3, 0.4) is 0 Å². The van der Waals surface area contributed by atoms with Gasteiger partial charge in [-0.2, -0.15) is 0 Å². The van der Waals surface area contributed by atoms with Crippen molar-refractivity contribution in [1.29, 1.82) is 0 Å². The predicted molar refractivity (Wildman–Crippen MR) is 85.0 cm³/mol. The molecule has 6 heteroatoms. The Labute approximate surface area is 134 Å². The van der Waals surface area contributed by atoms with E-state index in [9.17, 15) is 10.1 Å². The zero-order valence-corrected chi connectivity index (χ0v) is 13.1. The maximum Gasteiger partial charge on any atom is 0.269 e. The van der Waals surface area contributed by atoms with E-state index in [1.807, 2.05) is 18.2 Å². The number of hydrogen-bond donors (Lipinski definition) is 1. The summed E-state index contributed by atoms with van der Waals surface area (Å²) in [5.41, 5.74) is 3.35. The fourth-order valence-electron chi connectivity index (χ4n) is 3.12. The number of nitro benzene ring substituents is 1. The number of hydrogen-bond acceptors (Lipinski definition) is 4. The second-order valence-corrected chi connectivity index (χ2v) is 5.51. The van der Waals surface area contributed by atoms with E-state index in [0.29, 0.717) is 11.5 Å². The Kier molecular flexibility index (Phi) is 4.16. The smallest absolute Gasteiger partial charge is 0.269 e. The number of methoxy groups -OCH3 is 2. The van der Waals surface area contributed by atoms with Crippen LogP contribution >= 0.6 is 0 Å². The highest BCUT2D eigenvalue weighted by atomic mass is 16.6. The minimum absolute atomic E-state index is 0.0263. The molecule has 3 rings (SSSR count). The molecule has 1 aliphatic rings. The lowest BCUT2D eigenvalue weighted by Crippen LogP contribution is -2.87. The highest BCUT2D eigenvalue weighted by Crippen LogP contribution is 2.35. The molecule has 6 nitrogen and oxygen atoms in total. The number of fused-ring (bicyclic) bond motifs is 1. The molecule has 1 atom stereocenters. The van der Waals surface area contributed by atoms with Crippen molar-refractivity contribution in [3.05, 3.63) is 63.2 Å². The third-order valence-electron chi connectivity index (χ3n) is 4.24. The van der Waals surface area contributed by atoms with Crippen LogP contribution in [0.15, 0.2) is 36.4 Å². The van der Waals surface area contributed by atoms with Crippen LogP contribution in [0.1, 0.15) is 22.7 Å². The molecular weight excluding hydrogens is 296 g/mol. The van der Waals surface area contributed by atoms with Crippen LogP contribution < -0.4 is 14.8 Å². The highest BCUT2D eigenvalue weighted by molar-refractivity contribution is 5.51. The molecule has 2 aromatic rings. The van der Waals surface area contributed by atoms with Gasteiger partial charge in [0.15, 0.2) is 11.5 Å². The van der Waals surface area contributed by atoms with Crippen LogP contribution in [0.4, 0.5) is 5.69 Å². The number of benzene rings is 2. The zero-order valence-electron chi connectivity index (χ0n) is 13.1. The van der Waals surface area contributed by atoms with Gasteiger partial charge >= 0.3 is 0 Å². The lowest BCUT2D eigenvalue weighted by atomic mass is 9.89. The standard InChI is InChI=1S/C17H18N2O4/c1-22-15-9-11-6-7-18-17(14(11)10-16(15)23-2)12-4-3-5-13(8-12)19(20)21/h3-5,8-10,17-18H,6-7H2,1-2H3/p+1/t17-/m0/s1. The van der Waals surface area contributed by atoms with Crippen LogP contribution in [0.5, 0.6) is 11.5 Å². The van der Waals surface area contributed by atoms with E-state index >= 15 is 0 Å². The lowest BCUT2D eigenvalue weighted by molar-refractivity contribution is -0.690. The second-order valence-electron chi connectivity index (χ2n) is 5.51. The Balaban J connectivity index is 2.07. The summed E-state index contributed by atoms with van der Waals surface area (Å²) >= 11 is 0. The molecule has 0 fully saturated rings. The summed E-state index contributed by atoms with van der Waals surface area (Å²) in [7, 11) is 3.23. The van der Waals surface area contributed by atoms with Gasteiger partial charge in [0.05, 0.1) is 25.7 Å². The van der Waals surface area contributed by atoms with Crippen LogP contribution in [0, 0.1) is 10.1 Å². The summed E-state index contributed by atoms with van der Waals surface area (Å²) in [6.45, 7) is 0.926. The van der Waals surface area contributed by atoms with Gasteiger partial charge in [0.1, 0.15) is 6.04 Å². The number of nitrogens with zero attached hydrogens (tertiary/aromatic N) is 1. The number of nitrogens with two attached hydrogens (primary N) is 1. The normalized spacial score (nSPS) is 16.5. The molecular formula is C17H19N2O4+. The van der Waals surface area contributed by atoms with Crippen molar-refractivity contribution in [2.75, 3.05) is 20.8 Å². The van der Waals surface area contributed by atoms with Gasteiger partial charge in [-0.15, -0.1) is 0 Å². The van der Waals surface area contributed by atoms with Gasteiger partial charge in [0, 0.05) is 29.7 Å². The molecule has 0 saturated carbocycles. The number of quaternary nitrogens is 1. The number of nitro groups is 1. The highest BCUT2D eigenvalue weighted by Gasteiger charge is 2.28. The number of rotatable bonds is 4. The molecule has 0 bridgehead atoms. The maximum absolute atomic E-state index is 11.0. The Bertz CT molecular complexity index is 745. The zero-order chi connectivity index (χ0) is 16.4. The van der Waals surface area contributed by atoms with Crippen molar-refractivity contribution in [2.45, 2.75) is 12.5 Å². The average molecular weight is 315 g/mol. The van der Waals surface area contributed by atoms with Gasteiger partial charge in [0.2, 0.25) is 0 Å². The maximum atomic E-state index is 11.0. The van der Waals surface area contributed by atoms with E-state index in [-0.39, 0.29) is 16.7 Å². The minimum atomic E-state index is -0.359. The molecule has 0 saturated heterocycles. The van der Waals surface area contributed by atoms with Crippen molar-refractivity contribution >= 4 is 5.69 Å². The number of non-ortho nitro benzene ring substituents is 1. The molecule has 0 spiro atoms. The second kappa shape index (κ2) is 6.26. The first-order valence-electron chi connectivity index (χ1n) is 7.46. The van der Waals surface area contributed by atoms with E-state index in [1.54, 1.807) is 26.4 Å². The third kappa shape index (κ3) is 2.85. The van der Waals surface area contributed by atoms with Gasteiger partial charge in [-0.25, -0.2) is 0 Å². The van der Waals surface area contributed by atoms with Crippen LogP contribution in [0.25, 0.3) is 0 Å². The van der Waals surface area contributed by atoms with Gasteiger partial charge in [0.25, 0.3) is 5.69 Å². The van der Waals surface area contributed by atoms with E-state index in [2.05, 4.69) is 5.32 Å². The summed E-state index contributed by atoms with van der Waals surface area (Å²) in [6.07, 6.45) is 0.932. The van der Waals surface area contributed by atoms with Gasteiger partial charge < -0.3 is 14.8 Å². The minimum Gasteiger partial charge on any atom is -0.493 e. The Morgan fingerprint density at radius 3 is 2.61 bits per heavy atom. The Hall–Kier alpha value is -2.60. The van der Waals surface area contributed by atoms with Crippen LogP contribution in [0.2, 0.25) is 0 Å². The molecule has 2 N–H and O–H groups in total. The first-order chi connectivity index (χ1) is 11.1. The van der Waals surface area contributed by atoms with Crippen molar-refractivity contribution in [1.82, 2.24) is 0 Å². The SMILES string of the molecule is COc1cc2c(cc1OC)[C@H](c1cccc([N+](=O)[O-])c1)[NH2+]CC2. The van der Waals surface area contributed by atoms with Crippen molar-refractivity contribution in [3.63, 3.8) is 0 Å². The molecule has 120 valence electrons. The summed E-state index contributed by atoms with van der Waals surface area (Å²) in [5.74, 6) is 1.39. The molecule has 1 heterocycles. The van der Waals surface area contributed by atoms with Gasteiger partial charge in [-0.1, -0.05) is 12.1 Å². The van der Waals surface area contributed by atoms with Crippen LogP contribution in [-0.2, 0) is 6.42 Å². The first kappa shape index (κ1) is 15.3. The molecule has 2 aromatic carbocycles. The van der Waals surface area contributed by atoms with Crippen LogP contribution in [-0.4, -0.2) is 25.7 Å². The summed E-state index contributed by atoms with van der Waals surface area (Å²) in [5, 5.41) is 13.2. The van der Waals surface area contributed by atoms with E-state index in [0.717, 1.165) is 24.1 Å². The fraction of sp³-hybridized carbons (Fsp3) is 0.294. The van der Waals surface area contributed by atoms with E-state index < -0.39 is 0 Å². The molecule has 0 unspecified atom stereocenters. The summed E-state index contributed by atoms with van der Waals surface area (Å²) in [6, 6.07) is 10.8. The van der Waals surface area contributed by atoms with Crippen molar-refractivity contribution in [2.24, 2.45) is 0 Å². The summed E-state index contributed by atoms with van der Waals surface area (Å²) < 4.78 is 10.8.